The number of urea groups is 1. The lowest BCUT2D eigenvalue weighted by molar-refractivity contribution is -0.138. The van der Waals surface area contributed by atoms with Crippen LogP contribution < -0.4 is 10.6 Å². The van der Waals surface area contributed by atoms with Crippen molar-refractivity contribution in [1.82, 2.24) is 10.6 Å². The first kappa shape index (κ1) is 16.4. The van der Waals surface area contributed by atoms with Crippen LogP contribution in [0.2, 0.25) is 0 Å². The van der Waals surface area contributed by atoms with Crippen molar-refractivity contribution in [2.45, 2.75) is 18.8 Å². The van der Waals surface area contributed by atoms with Crippen LogP contribution in [0.15, 0.2) is 66.7 Å². The van der Waals surface area contributed by atoms with E-state index >= 15 is 0 Å². The first-order valence-corrected chi connectivity index (χ1v) is 7.33. The number of barbiturate groups is 1. The summed E-state index contributed by atoms with van der Waals surface area (Å²) in [7, 11) is 0. The van der Waals surface area contributed by atoms with Crippen molar-refractivity contribution in [3.8, 4) is 0 Å². The van der Waals surface area contributed by atoms with Crippen molar-refractivity contribution in [3.63, 3.8) is 0 Å². The van der Waals surface area contributed by atoms with Gasteiger partial charge in [0.15, 0.2) is 5.41 Å². The maximum Gasteiger partial charge on any atom is 0.328 e. The second kappa shape index (κ2) is 7.35. The largest absolute Gasteiger partial charge is 0.328 e. The first-order valence-electron chi connectivity index (χ1n) is 7.33. The van der Waals surface area contributed by atoms with Gasteiger partial charge in [-0.1, -0.05) is 73.7 Å². The van der Waals surface area contributed by atoms with Crippen molar-refractivity contribution >= 4 is 17.8 Å². The molecule has 1 heterocycles. The van der Waals surface area contributed by atoms with Gasteiger partial charge in [-0.15, -0.1) is 0 Å². The van der Waals surface area contributed by atoms with Crippen molar-refractivity contribution in [3.05, 3.63) is 72.3 Å². The van der Waals surface area contributed by atoms with Crippen LogP contribution in [0.1, 0.15) is 18.9 Å². The van der Waals surface area contributed by atoms with E-state index in [2.05, 4.69) is 10.6 Å². The van der Waals surface area contributed by atoms with Crippen molar-refractivity contribution in [2.75, 3.05) is 0 Å². The lowest BCUT2D eigenvalue weighted by Crippen LogP contribution is -2.64. The average Bonchev–Trinajstić information content (AvgIpc) is 2.58. The monoisotopic (exact) mass is 310 g/mol. The van der Waals surface area contributed by atoms with Crippen LogP contribution in [-0.4, -0.2) is 17.8 Å². The molecule has 3 rings (SSSR count). The van der Waals surface area contributed by atoms with Gasteiger partial charge >= 0.3 is 6.03 Å². The molecule has 1 fully saturated rings. The van der Waals surface area contributed by atoms with E-state index in [1.54, 1.807) is 37.3 Å². The number of hydrogen-bond acceptors (Lipinski definition) is 3. The van der Waals surface area contributed by atoms with Crippen molar-refractivity contribution in [1.29, 1.82) is 0 Å². The van der Waals surface area contributed by atoms with Gasteiger partial charge in [-0.05, 0) is 12.0 Å². The molecule has 0 radical (unpaired) electrons. The minimum absolute atomic E-state index is 0.294. The highest BCUT2D eigenvalue weighted by molar-refractivity contribution is 6.22. The number of carbonyl (C=O) groups excluding carboxylic acids is 3. The molecule has 2 N–H and O–H groups in total. The zero-order valence-electron chi connectivity index (χ0n) is 12.8. The molecule has 0 bridgehead atoms. The SMILES string of the molecule is CCC1(c2ccccc2)C(=O)NC(=O)NC1=O.c1ccccc1. The molecule has 0 unspecified atom stereocenters. The second-order valence-corrected chi connectivity index (χ2v) is 5.02. The summed E-state index contributed by atoms with van der Waals surface area (Å²) in [5.74, 6) is -1.14. The van der Waals surface area contributed by atoms with E-state index in [-0.39, 0.29) is 0 Å². The highest BCUT2D eigenvalue weighted by atomic mass is 16.2. The Hall–Kier alpha value is -2.95. The number of carbonyl (C=O) groups is 3. The minimum atomic E-state index is -1.31. The zero-order valence-corrected chi connectivity index (χ0v) is 12.8. The predicted molar refractivity (Wildman–Crippen MR) is 86.5 cm³/mol. The number of rotatable bonds is 2. The third kappa shape index (κ3) is 3.45. The minimum Gasteiger partial charge on any atom is -0.277 e. The zero-order chi connectivity index (χ0) is 16.7. The summed E-state index contributed by atoms with van der Waals surface area (Å²) < 4.78 is 0. The molecule has 0 aromatic heterocycles. The number of nitrogens with one attached hydrogen (secondary N) is 2. The smallest absolute Gasteiger partial charge is 0.277 e. The molecule has 0 atom stereocenters. The van der Waals surface area contributed by atoms with E-state index in [1.807, 2.05) is 36.4 Å². The number of amides is 4. The van der Waals surface area contributed by atoms with Gasteiger partial charge in [0.1, 0.15) is 0 Å². The quantitative estimate of drug-likeness (QED) is 0.836. The van der Waals surface area contributed by atoms with Gasteiger partial charge < -0.3 is 0 Å². The van der Waals surface area contributed by atoms with Gasteiger partial charge in [-0.2, -0.15) is 0 Å². The molecular formula is C18H18N2O3. The van der Waals surface area contributed by atoms with Crippen LogP contribution in [0, 0.1) is 0 Å². The third-order valence-electron chi connectivity index (χ3n) is 3.69. The molecule has 1 saturated heterocycles. The summed E-state index contributed by atoms with van der Waals surface area (Å²) in [5, 5.41) is 4.28. The Balaban J connectivity index is 0.000000268. The normalized spacial score (nSPS) is 15.8. The molecule has 5 nitrogen and oxygen atoms in total. The van der Waals surface area contributed by atoms with Crippen LogP contribution in [0.3, 0.4) is 0 Å². The van der Waals surface area contributed by atoms with Crippen LogP contribution in [0.25, 0.3) is 0 Å². The first-order chi connectivity index (χ1) is 11.1. The number of imide groups is 2. The van der Waals surface area contributed by atoms with Crippen LogP contribution in [0.5, 0.6) is 0 Å². The third-order valence-corrected chi connectivity index (χ3v) is 3.69. The summed E-state index contributed by atoms with van der Waals surface area (Å²) in [6.45, 7) is 1.74. The maximum atomic E-state index is 12.0. The maximum absolute atomic E-state index is 12.0. The van der Waals surface area contributed by atoms with Gasteiger partial charge in [-0.25, -0.2) is 4.79 Å². The molecule has 2 aromatic carbocycles. The van der Waals surface area contributed by atoms with Gasteiger partial charge in [0.25, 0.3) is 0 Å². The molecule has 23 heavy (non-hydrogen) atoms. The number of hydrogen-bond donors (Lipinski definition) is 2. The predicted octanol–water partition coefficient (Wildman–Crippen LogP) is 2.39. The van der Waals surface area contributed by atoms with E-state index in [0.717, 1.165) is 0 Å². The summed E-state index contributed by atoms with van der Waals surface area (Å²) in [4.78, 5) is 35.0. The summed E-state index contributed by atoms with van der Waals surface area (Å²) in [5.41, 5.74) is -0.722. The Morgan fingerprint density at radius 1 is 0.739 bits per heavy atom. The molecule has 4 amide bonds. The van der Waals surface area contributed by atoms with Gasteiger partial charge in [-0.3, -0.25) is 20.2 Å². The molecule has 0 spiro atoms. The van der Waals surface area contributed by atoms with E-state index in [4.69, 9.17) is 0 Å². The van der Waals surface area contributed by atoms with Crippen molar-refractivity contribution < 1.29 is 14.4 Å². The summed E-state index contributed by atoms with van der Waals surface area (Å²) in [6.07, 6.45) is 0.294. The summed E-state index contributed by atoms with van der Waals surface area (Å²) in [6, 6.07) is 20.0. The van der Waals surface area contributed by atoms with Crippen LogP contribution in [-0.2, 0) is 15.0 Å². The standard InChI is InChI=1S/C12H12N2O3.C6H6/c1-2-12(8-6-4-3-5-7-8)9(15)13-11(17)14-10(12)16;1-2-4-6-5-3-1/h3-7H,2H2,1H3,(H2,13,14,15,16,17);1-6H. The average molecular weight is 310 g/mol. The highest BCUT2D eigenvalue weighted by Gasteiger charge is 2.50. The summed E-state index contributed by atoms with van der Waals surface area (Å²) >= 11 is 0. The Labute approximate surface area is 134 Å². The molecule has 1 aliphatic heterocycles. The van der Waals surface area contributed by atoms with E-state index in [1.165, 1.54) is 0 Å². The Bertz CT molecular complexity index is 637. The van der Waals surface area contributed by atoms with Gasteiger partial charge in [0.05, 0.1) is 0 Å². The molecule has 118 valence electrons. The van der Waals surface area contributed by atoms with Gasteiger partial charge in [0.2, 0.25) is 11.8 Å². The topological polar surface area (TPSA) is 75.3 Å². The lowest BCUT2D eigenvalue weighted by atomic mass is 9.75. The van der Waals surface area contributed by atoms with Crippen molar-refractivity contribution in [2.24, 2.45) is 0 Å². The fourth-order valence-corrected chi connectivity index (χ4v) is 2.45. The number of benzene rings is 2. The molecule has 5 heteroatoms. The van der Waals surface area contributed by atoms with E-state index in [0.29, 0.717) is 12.0 Å². The lowest BCUT2D eigenvalue weighted by Gasteiger charge is -2.33. The molecule has 1 aliphatic rings. The van der Waals surface area contributed by atoms with Gasteiger partial charge in [0, 0.05) is 0 Å². The fraction of sp³-hybridized carbons (Fsp3) is 0.167. The van der Waals surface area contributed by atoms with E-state index in [9.17, 15) is 14.4 Å². The Morgan fingerprint density at radius 2 is 1.13 bits per heavy atom. The molecule has 0 aliphatic carbocycles. The molecular weight excluding hydrogens is 292 g/mol. The van der Waals surface area contributed by atoms with Crippen LogP contribution in [0.4, 0.5) is 4.79 Å². The highest BCUT2D eigenvalue weighted by Crippen LogP contribution is 2.30. The Morgan fingerprint density at radius 3 is 1.52 bits per heavy atom. The Kier molecular flexibility index (Phi) is 5.25. The fourth-order valence-electron chi connectivity index (χ4n) is 2.45. The van der Waals surface area contributed by atoms with Crippen LogP contribution >= 0.6 is 0 Å². The second-order valence-electron chi connectivity index (χ2n) is 5.02. The molecule has 2 aromatic rings. The van der Waals surface area contributed by atoms with E-state index < -0.39 is 23.3 Å². The molecule has 0 saturated carbocycles.